The molecule has 0 fully saturated rings. The van der Waals surface area contributed by atoms with Gasteiger partial charge in [0.25, 0.3) is 5.91 Å². The molecule has 10 heteroatoms. The van der Waals surface area contributed by atoms with Crippen LogP contribution in [0.2, 0.25) is 5.02 Å². The van der Waals surface area contributed by atoms with Gasteiger partial charge >= 0.3 is 0 Å². The molecule has 192 valence electrons. The first-order valence-corrected chi connectivity index (χ1v) is 12.1. The Morgan fingerprint density at radius 2 is 1.91 bits per heavy atom. The number of hydrogen-bond acceptors (Lipinski definition) is 5. The highest BCUT2D eigenvalue weighted by molar-refractivity contribution is 6.30. The number of aliphatic hydroxyl groups is 1. The first kappa shape index (κ1) is 27.1. The number of rotatable bonds is 6. The van der Waals surface area contributed by atoms with Crippen LogP contribution in [0.3, 0.4) is 0 Å². The van der Waals surface area contributed by atoms with E-state index in [4.69, 9.17) is 11.6 Å². The van der Waals surface area contributed by atoms with Gasteiger partial charge in [0, 0.05) is 24.7 Å². The number of carbonyl (C=O) groups excluding carboxylic acids is 2. The number of amides is 2. The van der Waals surface area contributed by atoms with Crippen LogP contribution in [-0.4, -0.2) is 63.2 Å². The molecule has 0 aliphatic carbocycles. The van der Waals surface area contributed by atoms with Crippen molar-refractivity contribution in [3.63, 3.8) is 0 Å². The Kier molecular flexibility index (Phi) is 7.93. The molecule has 3 rings (SSSR count). The molecule has 1 aromatic heterocycles. The molecule has 0 bridgehead atoms. The van der Waals surface area contributed by atoms with Crippen LogP contribution in [-0.2, 0) is 17.9 Å². The van der Waals surface area contributed by atoms with Crippen molar-refractivity contribution >= 4 is 23.4 Å². The van der Waals surface area contributed by atoms with Gasteiger partial charge in [-0.05, 0) is 57.5 Å². The summed E-state index contributed by atoms with van der Waals surface area (Å²) in [5.74, 6) is -1.07. The zero-order valence-corrected chi connectivity index (χ0v) is 22.0. The van der Waals surface area contributed by atoms with Gasteiger partial charge in [-0.3, -0.25) is 9.59 Å². The molecule has 1 aromatic carbocycles. The van der Waals surface area contributed by atoms with E-state index in [-0.39, 0.29) is 17.8 Å². The first-order valence-electron chi connectivity index (χ1n) is 11.7. The Morgan fingerprint density at radius 3 is 2.54 bits per heavy atom. The van der Waals surface area contributed by atoms with Crippen molar-refractivity contribution in [2.24, 2.45) is 5.41 Å². The van der Waals surface area contributed by atoms with E-state index < -0.39 is 34.7 Å². The number of carbonyl (C=O) groups is 2. The Bertz CT molecular complexity index is 1100. The number of benzene rings is 1. The standard InChI is InChI=1S/C25H35ClFN5O3/c1-24(2,3)20(23(34)28-14-25(4,5)35)30-22(33)19-18-13-31(6)10-7-11-32(18)21(29-19)16-12-15(26)8-9-17(16)27/h8-9,12,20,35H,7,10-11,13-14H2,1-6H3,(H,28,34)(H,30,33). The van der Waals surface area contributed by atoms with Gasteiger partial charge < -0.3 is 25.2 Å². The van der Waals surface area contributed by atoms with Crippen LogP contribution < -0.4 is 10.6 Å². The summed E-state index contributed by atoms with van der Waals surface area (Å²) in [6.45, 7) is 10.6. The average Bonchev–Trinajstić information content (AvgIpc) is 2.96. The third kappa shape index (κ3) is 6.59. The molecule has 0 saturated carbocycles. The summed E-state index contributed by atoms with van der Waals surface area (Å²) < 4.78 is 16.6. The van der Waals surface area contributed by atoms with E-state index in [0.29, 0.717) is 29.6 Å². The van der Waals surface area contributed by atoms with Crippen LogP contribution in [0.5, 0.6) is 0 Å². The van der Waals surface area contributed by atoms with Crippen molar-refractivity contribution in [3.8, 4) is 11.4 Å². The number of nitrogens with one attached hydrogen (secondary N) is 2. The zero-order valence-electron chi connectivity index (χ0n) is 21.2. The fourth-order valence-corrected chi connectivity index (χ4v) is 4.23. The summed E-state index contributed by atoms with van der Waals surface area (Å²) in [6.07, 6.45) is 0.806. The molecule has 1 aliphatic rings. The first-order chi connectivity index (χ1) is 16.2. The molecule has 2 amide bonds. The lowest BCUT2D eigenvalue weighted by molar-refractivity contribution is -0.126. The maximum Gasteiger partial charge on any atom is 0.272 e. The second kappa shape index (κ2) is 10.2. The maximum absolute atomic E-state index is 14.8. The number of nitrogens with zero attached hydrogens (tertiary/aromatic N) is 3. The highest BCUT2D eigenvalue weighted by Gasteiger charge is 2.36. The molecule has 0 radical (unpaired) electrons. The molecular formula is C25H35ClFN5O3. The third-order valence-corrected chi connectivity index (χ3v) is 6.13. The van der Waals surface area contributed by atoms with Crippen LogP contribution in [0.4, 0.5) is 4.39 Å². The molecule has 2 aromatic rings. The minimum absolute atomic E-state index is 0.0388. The van der Waals surface area contributed by atoms with E-state index in [1.807, 2.05) is 32.4 Å². The Labute approximate surface area is 210 Å². The van der Waals surface area contributed by atoms with Crippen LogP contribution in [0, 0.1) is 11.2 Å². The van der Waals surface area contributed by atoms with Crippen molar-refractivity contribution < 1.29 is 19.1 Å². The minimum atomic E-state index is -1.09. The van der Waals surface area contributed by atoms with Crippen LogP contribution in [0.25, 0.3) is 11.4 Å². The zero-order chi connectivity index (χ0) is 26.1. The van der Waals surface area contributed by atoms with E-state index in [1.165, 1.54) is 18.2 Å². The summed E-state index contributed by atoms with van der Waals surface area (Å²) in [6, 6.07) is 3.37. The van der Waals surface area contributed by atoms with Crippen LogP contribution >= 0.6 is 11.6 Å². The molecular weight excluding hydrogens is 473 g/mol. The highest BCUT2D eigenvalue weighted by atomic mass is 35.5. The van der Waals surface area contributed by atoms with Gasteiger partial charge in [0.1, 0.15) is 17.7 Å². The molecule has 1 aliphatic heterocycles. The summed E-state index contributed by atoms with van der Waals surface area (Å²) in [5.41, 5.74) is -0.685. The summed E-state index contributed by atoms with van der Waals surface area (Å²) in [7, 11) is 1.95. The molecule has 3 N–H and O–H groups in total. The van der Waals surface area contributed by atoms with Gasteiger partial charge in [-0.25, -0.2) is 9.37 Å². The van der Waals surface area contributed by atoms with Crippen molar-refractivity contribution in [2.75, 3.05) is 20.1 Å². The molecule has 1 atom stereocenters. The van der Waals surface area contributed by atoms with Crippen molar-refractivity contribution in [1.29, 1.82) is 0 Å². The number of fused-ring (bicyclic) bond motifs is 1. The lowest BCUT2D eigenvalue weighted by Crippen LogP contribution is -2.55. The fourth-order valence-electron chi connectivity index (χ4n) is 4.06. The summed E-state index contributed by atoms with van der Waals surface area (Å²) in [4.78, 5) is 33.2. The monoisotopic (exact) mass is 507 g/mol. The molecule has 2 heterocycles. The molecule has 8 nitrogen and oxygen atoms in total. The van der Waals surface area contributed by atoms with Crippen molar-refractivity contribution in [1.82, 2.24) is 25.1 Å². The lowest BCUT2D eigenvalue weighted by Gasteiger charge is -2.31. The van der Waals surface area contributed by atoms with E-state index in [2.05, 4.69) is 20.5 Å². The van der Waals surface area contributed by atoms with Crippen LogP contribution in [0.1, 0.15) is 57.2 Å². The molecule has 0 saturated heterocycles. The number of aromatic nitrogens is 2. The quantitative estimate of drug-likeness (QED) is 0.557. The smallest absolute Gasteiger partial charge is 0.272 e. The highest BCUT2D eigenvalue weighted by Crippen LogP contribution is 2.30. The van der Waals surface area contributed by atoms with Gasteiger partial charge in [0.15, 0.2) is 5.69 Å². The van der Waals surface area contributed by atoms with E-state index in [0.717, 1.165) is 13.0 Å². The number of imidazole rings is 1. The van der Waals surface area contributed by atoms with Gasteiger partial charge in [0.05, 0.1) is 16.9 Å². The summed E-state index contributed by atoms with van der Waals surface area (Å²) >= 11 is 6.14. The second-order valence-electron chi connectivity index (χ2n) is 10.9. The van der Waals surface area contributed by atoms with Gasteiger partial charge in [-0.2, -0.15) is 0 Å². The largest absolute Gasteiger partial charge is 0.389 e. The van der Waals surface area contributed by atoms with E-state index >= 15 is 0 Å². The summed E-state index contributed by atoms with van der Waals surface area (Å²) in [5, 5.41) is 15.9. The predicted molar refractivity (Wildman–Crippen MR) is 134 cm³/mol. The second-order valence-corrected chi connectivity index (χ2v) is 11.3. The Hall–Kier alpha value is -2.49. The van der Waals surface area contributed by atoms with E-state index in [9.17, 15) is 19.1 Å². The van der Waals surface area contributed by atoms with Crippen molar-refractivity contribution in [2.45, 2.75) is 65.8 Å². The van der Waals surface area contributed by atoms with Crippen LogP contribution in [0.15, 0.2) is 18.2 Å². The van der Waals surface area contributed by atoms with Crippen molar-refractivity contribution in [3.05, 3.63) is 40.4 Å². The van der Waals surface area contributed by atoms with Gasteiger partial charge in [0.2, 0.25) is 5.91 Å². The maximum atomic E-state index is 14.8. The number of halogens is 2. The lowest BCUT2D eigenvalue weighted by atomic mass is 9.86. The molecule has 0 spiro atoms. The molecule has 35 heavy (non-hydrogen) atoms. The average molecular weight is 508 g/mol. The minimum Gasteiger partial charge on any atom is -0.389 e. The molecule has 1 unspecified atom stereocenters. The van der Waals surface area contributed by atoms with Gasteiger partial charge in [-0.15, -0.1) is 0 Å². The predicted octanol–water partition coefficient (Wildman–Crippen LogP) is 3.21. The third-order valence-electron chi connectivity index (χ3n) is 5.90. The van der Waals surface area contributed by atoms with E-state index in [1.54, 1.807) is 13.8 Å². The van der Waals surface area contributed by atoms with Gasteiger partial charge in [-0.1, -0.05) is 32.4 Å². The Morgan fingerprint density at radius 1 is 1.23 bits per heavy atom. The topological polar surface area (TPSA) is 99.5 Å². The Balaban J connectivity index is 2.01. The SMILES string of the molecule is CN1CCCn2c(-c3cc(Cl)ccc3F)nc(C(=O)NC(C(=O)NCC(C)(C)O)C(C)(C)C)c2C1. The number of hydrogen-bond donors (Lipinski definition) is 3. The normalized spacial score (nSPS) is 15.8. The fraction of sp³-hybridized carbons (Fsp3) is 0.560.